The Labute approximate surface area is 136 Å². The normalized spacial score (nSPS) is 15.0. The molecule has 0 N–H and O–H groups in total. The van der Waals surface area contributed by atoms with Gasteiger partial charge in [-0.15, -0.1) is 0 Å². The van der Waals surface area contributed by atoms with Crippen molar-refractivity contribution in [3.8, 4) is 5.75 Å². The third-order valence-electron chi connectivity index (χ3n) is 3.85. The molecule has 0 spiro atoms. The Morgan fingerprint density at radius 2 is 1.78 bits per heavy atom. The molecule has 0 aliphatic carbocycles. The maximum absolute atomic E-state index is 13.9. The summed E-state index contributed by atoms with van der Waals surface area (Å²) in [6.45, 7) is 7.83. The van der Waals surface area contributed by atoms with E-state index in [1.165, 1.54) is 12.1 Å². The molecule has 0 unspecified atom stereocenters. The number of benzene rings is 1. The van der Waals surface area contributed by atoms with Crippen molar-refractivity contribution in [1.29, 1.82) is 0 Å². The highest BCUT2D eigenvalue weighted by atomic mass is 19.1. The molecule has 1 aromatic carbocycles. The molecule has 0 bridgehead atoms. The van der Waals surface area contributed by atoms with Crippen LogP contribution in [0.15, 0.2) is 18.2 Å². The minimum atomic E-state index is -0.536. The van der Waals surface area contributed by atoms with Crippen LogP contribution >= 0.6 is 0 Å². The fraction of sp³-hybridized carbons (Fsp3) is 0.529. The molecule has 1 aromatic rings. The van der Waals surface area contributed by atoms with E-state index in [0.717, 1.165) is 0 Å². The zero-order valence-electron chi connectivity index (χ0n) is 13.8. The monoisotopic (exact) mass is 322 g/mol. The first-order valence-corrected chi connectivity index (χ1v) is 7.94. The van der Waals surface area contributed by atoms with Crippen LogP contribution in [-0.2, 0) is 4.79 Å². The molecule has 6 heteroatoms. The first-order chi connectivity index (χ1) is 10.9. The van der Waals surface area contributed by atoms with Crippen molar-refractivity contribution in [3.63, 3.8) is 0 Å². The first-order valence-electron chi connectivity index (χ1n) is 7.94. The maximum Gasteiger partial charge on any atom is 0.254 e. The van der Waals surface area contributed by atoms with E-state index in [-0.39, 0.29) is 23.5 Å². The van der Waals surface area contributed by atoms with E-state index in [4.69, 9.17) is 4.74 Å². The van der Waals surface area contributed by atoms with E-state index in [1.54, 1.807) is 22.8 Å². The Morgan fingerprint density at radius 3 is 2.30 bits per heavy atom. The van der Waals surface area contributed by atoms with Gasteiger partial charge >= 0.3 is 0 Å². The highest BCUT2D eigenvalue weighted by molar-refractivity contribution is 5.94. The van der Waals surface area contributed by atoms with Crippen LogP contribution < -0.4 is 4.74 Å². The number of nitrogens with zero attached hydrogens (tertiary/aromatic N) is 2. The summed E-state index contributed by atoms with van der Waals surface area (Å²) in [5, 5.41) is 0. The number of hydrogen-bond donors (Lipinski definition) is 0. The summed E-state index contributed by atoms with van der Waals surface area (Å²) in [4.78, 5) is 27.8. The minimum absolute atomic E-state index is 0.0440. The highest BCUT2D eigenvalue weighted by Gasteiger charge is 2.26. The third kappa shape index (κ3) is 4.00. The van der Waals surface area contributed by atoms with Gasteiger partial charge in [-0.2, -0.15) is 0 Å². The number of carbonyl (C=O) groups excluding carboxylic acids is 2. The van der Waals surface area contributed by atoms with Crippen molar-refractivity contribution in [2.24, 2.45) is 5.92 Å². The van der Waals surface area contributed by atoms with Gasteiger partial charge in [-0.1, -0.05) is 13.8 Å². The first kappa shape index (κ1) is 17.2. The van der Waals surface area contributed by atoms with E-state index < -0.39 is 5.82 Å². The second-order valence-corrected chi connectivity index (χ2v) is 5.85. The average molecular weight is 322 g/mol. The van der Waals surface area contributed by atoms with Crippen molar-refractivity contribution < 1.29 is 18.7 Å². The van der Waals surface area contributed by atoms with Crippen LogP contribution in [0.5, 0.6) is 5.75 Å². The number of halogens is 1. The van der Waals surface area contributed by atoms with E-state index in [1.807, 2.05) is 13.8 Å². The Hall–Kier alpha value is -2.11. The summed E-state index contributed by atoms with van der Waals surface area (Å²) >= 11 is 0. The molecule has 5 nitrogen and oxygen atoms in total. The average Bonchev–Trinajstić information content (AvgIpc) is 2.55. The lowest BCUT2D eigenvalue weighted by molar-refractivity contribution is -0.135. The number of hydrogen-bond acceptors (Lipinski definition) is 3. The van der Waals surface area contributed by atoms with Crippen LogP contribution in [0.4, 0.5) is 4.39 Å². The van der Waals surface area contributed by atoms with Crippen molar-refractivity contribution in [3.05, 3.63) is 29.6 Å². The third-order valence-corrected chi connectivity index (χ3v) is 3.85. The Morgan fingerprint density at radius 1 is 1.17 bits per heavy atom. The van der Waals surface area contributed by atoms with E-state index >= 15 is 0 Å². The van der Waals surface area contributed by atoms with E-state index in [0.29, 0.717) is 38.3 Å². The Balaban J connectivity index is 2.00. The lowest BCUT2D eigenvalue weighted by Gasteiger charge is -2.35. The molecular weight excluding hydrogens is 299 g/mol. The predicted octanol–water partition coefficient (Wildman–Crippen LogP) is 2.16. The fourth-order valence-electron chi connectivity index (χ4n) is 2.58. The van der Waals surface area contributed by atoms with Crippen molar-refractivity contribution >= 4 is 11.8 Å². The largest absolute Gasteiger partial charge is 0.491 e. The van der Waals surface area contributed by atoms with Gasteiger partial charge in [0, 0.05) is 37.7 Å². The lowest BCUT2D eigenvalue weighted by atomic mass is 10.1. The summed E-state index contributed by atoms with van der Waals surface area (Å²) in [7, 11) is 0. The summed E-state index contributed by atoms with van der Waals surface area (Å²) in [6.07, 6.45) is 0. The Bertz CT molecular complexity index is 581. The van der Waals surface area contributed by atoms with Gasteiger partial charge < -0.3 is 14.5 Å². The van der Waals surface area contributed by atoms with Crippen LogP contribution in [0, 0.1) is 11.7 Å². The zero-order chi connectivity index (χ0) is 17.0. The molecule has 0 atom stereocenters. The molecule has 0 radical (unpaired) electrons. The van der Waals surface area contributed by atoms with Crippen LogP contribution in [0.1, 0.15) is 31.1 Å². The molecule has 1 heterocycles. The fourth-order valence-corrected chi connectivity index (χ4v) is 2.58. The van der Waals surface area contributed by atoms with Crippen molar-refractivity contribution in [2.45, 2.75) is 20.8 Å². The standard InChI is InChI=1S/C17H23FN2O3/c1-4-23-15-6-5-13(11-14(15)18)17(22)20-9-7-19(8-10-20)16(21)12(2)3/h5-6,11-12H,4,7-10H2,1-3H3. The molecule has 1 saturated heterocycles. The van der Waals surface area contributed by atoms with Gasteiger partial charge in [0.15, 0.2) is 11.6 Å². The quantitative estimate of drug-likeness (QED) is 0.853. The zero-order valence-corrected chi connectivity index (χ0v) is 13.8. The molecule has 0 aromatic heterocycles. The van der Waals surface area contributed by atoms with Gasteiger partial charge in [-0.05, 0) is 25.1 Å². The van der Waals surface area contributed by atoms with E-state index in [9.17, 15) is 14.0 Å². The van der Waals surface area contributed by atoms with E-state index in [2.05, 4.69) is 0 Å². The number of rotatable bonds is 4. The summed E-state index contributed by atoms with van der Waals surface area (Å²) in [6, 6.07) is 4.26. The summed E-state index contributed by atoms with van der Waals surface area (Å²) < 4.78 is 19.0. The van der Waals surface area contributed by atoms with Gasteiger partial charge in [0.05, 0.1) is 6.61 Å². The number of carbonyl (C=O) groups is 2. The lowest BCUT2D eigenvalue weighted by Crippen LogP contribution is -2.51. The molecule has 1 fully saturated rings. The number of ether oxygens (including phenoxy) is 1. The van der Waals surface area contributed by atoms with Gasteiger partial charge in [0.2, 0.25) is 5.91 Å². The Kier molecular flexibility index (Phi) is 5.58. The molecule has 2 rings (SSSR count). The van der Waals surface area contributed by atoms with Crippen LogP contribution in [0.25, 0.3) is 0 Å². The molecule has 23 heavy (non-hydrogen) atoms. The second kappa shape index (κ2) is 7.44. The maximum atomic E-state index is 13.9. The van der Waals surface area contributed by atoms with Crippen molar-refractivity contribution in [2.75, 3.05) is 32.8 Å². The minimum Gasteiger partial charge on any atom is -0.491 e. The second-order valence-electron chi connectivity index (χ2n) is 5.85. The number of piperazine rings is 1. The number of amides is 2. The molecule has 1 aliphatic rings. The topological polar surface area (TPSA) is 49.9 Å². The smallest absolute Gasteiger partial charge is 0.254 e. The molecule has 126 valence electrons. The van der Waals surface area contributed by atoms with Gasteiger partial charge in [0.1, 0.15) is 0 Å². The molecule has 2 amide bonds. The summed E-state index contributed by atoms with van der Waals surface area (Å²) in [5.74, 6) is -0.548. The molecule has 0 saturated carbocycles. The van der Waals surface area contributed by atoms with Gasteiger partial charge in [0.25, 0.3) is 5.91 Å². The summed E-state index contributed by atoms with van der Waals surface area (Å²) in [5.41, 5.74) is 0.301. The molecular formula is C17H23FN2O3. The molecule has 1 aliphatic heterocycles. The van der Waals surface area contributed by atoms with Crippen molar-refractivity contribution in [1.82, 2.24) is 9.80 Å². The van der Waals surface area contributed by atoms with Crippen LogP contribution in [-0.4, -0.2) is 54.4 Å². The van der Waals surface area contributed by atoms with Crippen LogP contribution in [0.3, 0.4) is 0 Å². The highest BCUT2D eigenvalue weighted by Crippen LogP contribution is 2.20. The van der Waals surface area contributed by atoms with Crippen LogP contribution in [0.2, 0.25) is 0 Å². The van der Waals surface area contributed by atoms with Gasteiger partial charge in [-0.25, -0.2) is 4.39 Å². The van der Waals surface area contributed by atoms with Gasteiger partial charge in [-0.3, -0.25) is 9.59 Å². The SMILES string of the molecule is CCOc1ccc(C(=O)N2CCN(C(=O)C(C)C)CC2)cc1F. The predicted molar refractivity (Wildman–Crippen MR) is 84.9 cm³/mol.